The van der Waals surface area contributed by atoms with Gasteiger partial charge in [-0.3, -0.25) is 0 Å². The lowest BCUT2D eigenvalue weighted by Crippen LogP contribution is -2.46. The van der Waals surface area contributed by atoms with Gasteiger partial charge in [-0.1, -0.05) is 15.9 Å². The molecule has 2 fully saturated rings. The zero-order valence-electron chi connectivity index (χ0n) is 5.37. The second-order valence-electron chi connectivity index (χ2n) is 2.66. The fourth-order valence-electron chi connectivity index (χ4n) is 1.37. The molecule has 3 nitrogen and oxygen atoms in total. The van der Waals surface area contributed by atoms with Crippen LogP contribution in [-0.2, 0) is 9.47 Å². The lowest BCUT2D eigenvalue weighted by molar-refractivity contribution is -0.153. The molecule has 0 saturated carbocycles. The summed E-state index contributed by atoms with van der Waals surface area (Å²) in [6, 6.07) is 0. The number of halogens is 1. The van der Waals surface area contributed by atoms with Crippen LogP contribution in [0.2, 0.25) is 0 Å². The van der Waals surface area contributed by atoms with Crippen LogP contribution in [0.15, 0.2) is 0 Å². The molecule has 4 heteroatoms. The maximum absolute atomic E-state index is 9.40. The Labute approximate surface area is 67.4 Å². The molecule has 0 aromatic heterocycles. The van der Waals surface area contributed by atoms with Crippen LogP contribution in [-0.4, -0.2) is 41.5 Å². The second-order valence-corrected chi connectivity index (χ2v) is 3.30. The number of aliphatic hydroxyl groups is 1. The molecule has 4 atom stereocenters. The zero-order valence-corrected chi connectivity index (χ0v) is 6.95. The number of rotatable bonds is 1. The molecule has 2 rings (SSSR count). The second kappa shape index (κ2) is 2.44. The largest absolute Gasteiger partial charge is 0.388 e. The maximum Gasteiger partial charge on any atom is 0.114 e. The smallest absolute Gasteiger partial charge is 0.114 e. The van der Waals surface area contributed by atoms with Crippen molar-refractivity contribution in [2.24, 2.45) is 0 Å². The lowest BCUT2D eigenvalue weighted by Gasteiger charge is -2.30. The maximum atomic E-state index is 9.40. The summed E-state index contributed by atoms with van der Waals surface area (Å²) in [5.41, 5.74) is 0. The average Bonchev–Trinajstić information content (AvgIpc) is 2.05. The van der Waals surface area contributed by atoms with E-state index in [1.54, 1.807) is 0 Å². The highest BCUT2D eigenvalue weighted by Gasteiger charge is 2.49. The number of alkyl halides is 1. The van der Waals surface area contributed by atoms with Gasteiger partial charge in [0, 0.05) is 5.33 Å². The molecule has 0 aliphatic carbocycles. The van der Waals surface area contributed by atoms with E-state index in [0.717, 1.165) is 0 Å². The molecule has 2 heterocycles. The molecular weight excluding hydrogens is 200 g/mol. The van der Waals surface area contributed by atoms with Gasteiger partial charge in [0.15, 0.2) is 0 Å². The first-order valence-electron chi connectivity index (χ1n) is 3.34. The quantitative estimate of drug-likeness (QED) is 0.613. The van der Waals surface area contributed by atoms with Crippen molar-refractivity contribution in [2.75, 3.05) is 11.9 Å². The first kappa shape index (κ1) is 7.03. The number of fused-ring (bicyclic) bond motifs is 1. The monoisotopic (exact) mass is 208 g/mol. The molecule has 2 saturated heterocycles. The zero-order chi connectivity index (χ0) is 7.14. The van der Waals surface area contributed by atoms with Crippen LogP contribution in [0.3, 0.4) is 0 Å². The third-order valence-electron chi connectivity index (χ3n) is 2.04. The Kier molecular flexibility index (Phi) is 1.72. The highest BCUT2D eigenvalue weighted by Crippen LogP contribution is 2.31. The predicted octanol–water partition coefficient (Wildman–Crippen LogP) is -0.0916. The van der Waals surface area contributed by atoms with Gasteiger partial charge in [-0.15, -0.1) is 0 Å². The van der Waals surface area contributed by atoms with Crippen molar-refractivity contribution in [1.82, 2.24) is 0 Å². The molecule has 0 aromatic carbocycles. The Balaban J connectivity index is 2.02. The molecule has 58 valence electrons. The van der Waals surface area contributed by atoms with Crippen molar-refractivity contribution in [2.45, 2.75) is 24.4 Å². The topological polar surface area (TPSA) is 38.7 Å². The number of ether oxygens (including phenoxy) is 2. The normalized spacial score (nSPS) is 52.2. The number of hydrogen-bond acceptors (Lipinski definition) is 3. The highest BCUT2D eigenvalue weighted by atomic mass is 79.9. The molecule has 0 amide bonds. The van der Waals surface area contributed by atoms with Gasteiger partial charge in [0.05, 0.1) is 12.7 Å². The van der Waals surface area contributed by atoms with Gasteiger partial charge in [0.25, 0.3) is 0 Å². The van der Waals surface area contributed by atoms with Crippen molar-refractivity contribution in [3.8, 4) is 0 Å². The van der Waals surface area contributed by atoms with Crippen molar-refractivity contribution in [3.63, 3.8) is 0 Å². The summed E-state index contributed by atoms with van der Waals surface area (Å²) < 4.78 is 10.5. The fraction of sp³-hybridized carbons (Fsp3) is 1.00. The predicted molar refractivity (Wildman–Crippen MR) is 38.2 cm³/mol. The van der Waals surface area contributed by atoms with E-state index < -0.39 is 6.10 Å². The Bertz CT molecular complexity index is 141. The summed E-state index contributed by atoms with van der Waals surface area (Å²) in [4.78, 5) is 0. The molecule has 0 radical (unpaired) electrons. The van der Waals surface area contributed by atoms with Crippen LogP contribution >= 0.6 is 15.9 Å². The Morgan fingerprint density at radius 2 is 2.40 bits per heavy atom. The molecule has 10 heavy (non-hydrogen) atoms. The van der Waals surface area contributed by atoms with E-state index in [-0.39, 0.29) is 18.3 Å². The van der Waals surface area contributed by atoms with Gasteiger partial charge >= 0.3 is 0 Å². The standard InChI is InChI=1S/C6H9BrO3/c7-1-3-5(8)6-4(10-3)2-9-6/h3-6,8H,1-2H2. The minimum atomic E-state index is -0.432. The fourth-order valence-corrected chi connectivity index (χ4v) is 1.90. The van der Waals surface area contributed by atoms with Crippen LogP contribution in [0.5, 0.6) is 0 Å². The Morgan fingerprint density at radius 1 is 1.60 bits per heavy atom. The van der Waals surface area contributed by atoms with Crippen molar-refractivity contribution in [1.29, 1.82) is 0 Å². The molecule has 0 spiro atoms. The van der Waals surface area contributed by atoms with Gasteiger partial charge in [-0.2, -0.15) is 0 Å². The lowest BCUT2D eigenvalue weighted by atomic mass is 10.1. The Hall–Kier alpha value is 0.360. The van der Waals surface area contributed by atoms with E-state index in [1.165, 1.54) is 0 Å². The first-order valence-corrected chi connectivity index (χ1v) is 4.46. The molecule has 1 N–H and O–H groups in total. The van der Waals surface area contributed by atoms with Gasteiger partial charge < -0.3 is 14.6 Å². The van der Waals surface area contributed by atoms with Crippen LogP contribution in [0.1, 0.15) is 0 Å². The molecule has 2 aliphatic heterocycles. The number of hydrogen-bond donors (Lipinski definition) is 1. The van der Waals surface area contributed by atoms with Crippen molar-refractivity contribution in [3.05, 3.63) is 0 Å². The van der Waals surface area contributed by atoms with Gasteiger partial charge in [0.2, 0.25) is 0 Å². The molecule has 2 aliphatic rings. The third-order valence-corrected chi connectivity index (χ3v) is 2.68. The van der Waals surface area contributed by atoms with Crippen LogP contribution in [0.25, 0.3) is 0 Å². The molecule has 0 bridgehead atoms. The summed E-state index contributed by atoms with van der Waals surface area (Å²) in [5.74, 6) is 0. The molecular formula is C6H9BrO3. The Morgan fingerprint density at radius 3 is 2.70 bits per heavy atom. The summed E-state index contributed by atoms with van der Waals surface area (Å²) in [5, 5.41) is 10.1. The summed E-state index contributed by atoms with van der Waals surface area (Å²) in [6.45, 7) is 0.644. The van der Waals surface area contributed by atoms with Crippen LogP contribution < -0.4 is 0 Å². The third kappa shape index (κ3) is 0.830. The minimum absolute atomic E-state index is 0.0532. The van der Waals surface area contributed by atoms with E-state index >= 15 is 0 Å². The molecule has 4 unspecified atom stereocenters. The van der Waals surface area contributed by atoms with Gasteiger partial charge in [0.1, 0.15) is 18.3 Å². The first-order chi connectivity index (χ1) is 4.83. The van der Waals surface area contributed by atoms with E-state index in [0.29, 0.717) is 11.9 Å². The average molecular weight is 209 g/mol. The van der Waals surface area contributed by atoms with E-state index in [9.17, 15) is 5.11 Å². The molecule has 0 aromatic rings. The van der Waals surface area contributed by atoms with E-state index in [4.69, 9.17) is 9.47 Å². The minimum Gasteiger partial charge on any atom is -0.388 e. The number of aliphatic hydroxyl groups excluding tert-OH is 1. The van der Waals surface area contributed by atoms with Crippen LogP contribution in [0.4, 0.5) is 0 Å². The summed E-state index contributed by atoms with van der Waals surface area (Å²) >= 11 is 3.26. The van der Waals surface area contributed by atoms with E-state index in [1.807, 2.05) is 0 Å². The van der Waals surface area contributed by atoms with Gasteiger partial charge in [-0.25, -0.2) is 0 Å². The van der Waals surface area contributed by atoms with Crippen LogP contribution in [0, 0.1) is 0 Å². The van der Waals surface area contributed by atoms with E-state index in [2.05, 4.69) is 15.9 Å². The summed E-state index contributed by atoms with van der Waals surface area (Å²) in [6.07, 6.45) is -0.407. The van der Waals surface area contributed by atoms with Crippen molar-refractivity contribution >= 4 is 15.9 Å². The van der Waals surface area contributed by atoms with Gasteiger partial charge in [-0.05, 0) is 0 Å². The highest BCUT2D eigenvalue weighted by molar-refractivity contribution is 9.09. The van der Waals surface area contributed by atoms with Crippen molar-refractivity contribution < 1.29 is 14.6 Å². The summed E-state index contributed by atoms with van der Waals surface area (Å²) in [7, 11) is 0. The SMILES string of the molecule is OC1C(CBr)OC2COC21.